The number of carbonyl (C=O) groups excluding carboxylic acids is 2. The number of nitrogens with one attached hydrogen (secondary N) is 1. The van der Waals surface area contributed by atoms with Crippen LogP contribution in [0.5, 0.6) is 0 Å². The molecule has 0 saturated heterocycles. The molecule has 1 aliphatic heterocycles. The minimum absolute atomic E-state index is 0.0722. The predicted molar refractivity (Wildman–Crippen MR) is 108 cm³/mol. The number of halogens is 2. The standard InChI is InChI=1S/C21H19Cl2NO2/c1-11(2)6-20(25)14-4-5-19-15(10-14)16(21(26)24-19)7-13-8-17(22)12(3)18(23)9-13/h4-5,7-11H,6H2,1-3H3,(H,24,26)/b16-7-. The third-order valence-electron chi connectivity index (χ3n) is 4.33. The zero-order valence-corrected chi connectivity index (χ0v) is 16.3. The van der Waals surface area contributed by atoms with Crippen molar-refractivity contribution in [2.24, 2.45) is 5.92 Å². The van der Waals surface area contributed by atoms with Crippen LogP contribution in [0.15, 0.2) is 30.3 Å². The van der Waals surface area contributed by atoms with Crippen LogP contribution >= 0.6 is 23.2 Å². The van der Waals surface area contributed by atoms with Gasteiger partial charge in [-0.05, 0) is 60.4 Å². The largest absolute Gasteiger partial charge is 0.321 e. The summed E-state index contributed by atoms with van der Waals surface area (Å²) in [6.45, 7) is 5.85. The van der Waals surface area contributed by atoms with E-state index in [1.807, 2.05) is 20.8 Å². The fourth-order valence-electron chi connectivity index (χ4n) is 2.91. The maximum atomic E-state index is 12.4. The van der Waals surface area contributed by atoms with E-state index in [1.54, 1.807) is 36.4 Å². The molecule has 0 saturated carbocycles. The Morgan fingerprint density at radius 3 is 2.42 bits per heavy atom. The molecule has 1 N–H and O–H groups in total. The molecule has 3 rings (SSSR count). The molecule has 0 atom stereocenters. The lowest BCUT2D eigenvalue weighted by atomic mass is 9.96. The molecule has 1 amide bonds. The molecular weight excluding hydrogens is 369 g/mol. The van der Waals surface area contributed by atoms with Crippen LogP contribution in [0.4, 0.5) is 5.69 Å². The summed E-state index contributed by atoms with van der Waals surface area (Å²) in [7, 11) is 0. The fraction of sp³-hybridized carbons (Fsp3) is 0.238. The number of hydrogen-bond acceptors (Lipinski definition) is 2. The van der Waals surface area contributed by atoms with Crippen LogP contribution in [0, 0.1) is 12.8 Å². The van der Waals surface area contributed by atoms with Crippen molar-refractivity contribution < 1.29 is 9.59 Å². The molecule has 0 fully saturated rings. The predicted octanol–water partition coefficient (Wildman–Crippen LogP) is 6.02. The highest BCUT2D eigenvalue weighted by molar-refractivity contribution is 6.37. The highest BCUT2D eigenvalue weighted by atomic mass is 35.5. The molecule has 1 heterocycles. The molecule has 134 valence electrons. The van der Waals surface area contributed by atoms with Crippen LogP contribution < -0.4 is 5.32 Å². The average Bonchev–Trinajstić information content (AvgIpc) is 2.87. The number of amides is 1. The highest BCUT2D eigenvalue weighted by Crippen LogP contribution is 2.35. The van der Waals surface area contributed by atoms with E-state index in [0.29, 0.717) is 33.3 Å². The van der Waals surface area contributed by atoms with Crippen molar-refractivity contribution in [1.82, 2.24) is 0 Å². The van der Waals surface area contributed by atoms with Crippen LogP contribution in [0.1, 0.15) is 47.3 Å². The SMILES string of the molecule is Cc1c(Cl)cc(/C=C2\C(=O)Nc3ccc(C(=O)CC(C)C)cc32)cc1Cl. The lowest BCUT2D eigenvalue weighted by Crippen LogP contribution is -2.03. The molecule has 0 aromatic heterocycles. The van der Waals surface area contributed by atoms with Crippen molar-refractivity contribution in [3.05, 3.63) is 62.6 Å². The normalized spacial score (nSPS) is 14.7. The molecule has 3 nitrogen and oxygen atoms in total. The van der Waals surface area contributed by atoms with Gasteiger partial charge in [0, 0.05) is 38.9 Å². The molecule has 0 radical (unpaired) electrons. The molecule has 2 aromatic carbocycles. The highest BCUT2D eigenvalue weighted by Gasteiger charge is 2.25. The summed E-state index contributed by atoms with van der Waals surface area (Å²) in [6.07, 6.45) is 2.22. The van der Waals surface area contributed by atoms with Gasteiger partial charge in [0.25, 0.3) is 5.91 Å². The zero-order chi connectivity index (χ0) is 19.0. The minimum Gasteiger partial charge on any atom is -0.321 e. The van der Waals surface area contributed by atoms with Gasteiger partial charge in [-0.25, -0.2) is 0 Å². The first-order valence-corrected chi connectivity index (χ1v) is 9.18. The Labute approximate surface area is 163 Å². The third kappa shape index (κ3) is 3.69. The van der Waals surface area contributed by atoms with E-state index in [2.05, 4.69) is 5.32 Å². The zero-order valence-electron chi connectivity index (χ0n) is 14.8. The molecule has 0 unspecified atom stereocenters. The second kappa shape index (κ2) is 7.26. The van der Waals surface area contributed by atoms with Crippen LogP contribution in [0.2, 0.25) is 10.0 Å². The monoisotopic (exact) mass is 387 g/mol. The molecule has 0 bridgehead atoms. The van der Waals surface area contributed by atoms with Gasteiger partial charge in [0.15, 0.2) is 5.78 Å². The summed E-state index contributed by atoms with van der Waals surface area (Å²) < 4.78 is 0. The number of carbonyl (C=O) groups is 2. The summed E-state index contributed by atoms with van der Waals surface area (Å²) in [6, 6.07) is 8.86. The van der Waals surface area contributed by atoms with E-state index in [4.69, 9.17) is 23.2 Å². The number of fused-ring (bicyclic) bond motifs is 1. The first-order valence-electron chi connectivity index (χ1n) is 8.42. The Balaban J connectivity index is 2.04. The fourth-order valence-corrected chi connectivity index (χ4v) is 3.41. The second-order valence-corrected chi connectivity index (χ2v) is 7.72. The molecular formula is C21H19Cl2NO2. The van der Waals surface area contributed by atoms with Gasteiger partial charge < -0.3 is 5.32 Å². The van der Waals surface area contributed by atoms with Crippen molar-refractivity contribution in [3.63, 3.8) is 0 Å². The van der Waals surface area contributed by atoms with E-state index in [1.165, 1.54) is 0 Å². The topological polar surface area (TPSA) is 46.2 Å². The Morgan fingerprint density at radius 2 is 1.81 bits per heavy atom. The smallest absolute Gasteiger partial charge is 0.256 e. The van der Waals surface area contributed by atoms with E-state index in [-0.39, 0.29) is 17.6 Å². The summed E-state index contributed by atoms with van der Waals surface area (Å²) >= 11 is 12.4. The van der Waals surface area contributed by atoms with E-state index in [0.717, 1.165) is 16.7 Å². The Bertz CT molecular complexity index is 922. The maximum Gasteiger partial charge on any atom is 0.256 e. The van der Waals surface area contributed by atoms with Gasteiger partial charge in [0.05, 0.1) is 0 Å². The molecule has 5 heteroatoms. The van der Waals surface area contributed by atoms with Gasteiger partial charge in [0.1, 0.15) is 0 Å². The van der Waals surface area contributed by atoms with E-state index < -0.39 is 0 Å². The summed E-state index contributed by atoms with van der Waals surface area (Å²) in [4.78, 5) is 24.8. The minimum atomic E-state index is -0.207. The Kier molecular flexibility index (Phi) is 5.22. The van der Waals surface area contributed by atoms with Crippen LogP contribution in [-0.4, -0.2) is 11.7 Å². The summed E-state index contributed by atoms with van der Waals surface area (Å²) in [5, 5.41) is 3.92. The van der Waals surface area contributed by atoms with E-state index >= 15 is 0 Å². The van der Waals surface area contributed by atoms with Gasteiger partial charge in [-0.2, -0.15) is 0 Å². The molecule has 1 aliphatic rings. The van der Waals surface area contributed by atoms with Crippen LogP contribution in [-0.2, 0) is 4.79 Å². The lowest BCUT2D eigenvalue weighted by Gasteiger charge is -2.07. The Hall–Kier alpha value is -2.10. The number of anilines is 1. The molecule has 0 aliphatic carbocycles. The third-order valence-corrected chi connectivity index (χ3v) is 5.12. The summed E-state index contributed by atoms with van der Waals surface area (Å²) in [5.74, 6) is 0.145. The number of Topliss-reactive ketones (excluding diaryl/α,β-unsaturated/α-hetero) is 1. The van der Waals surface area contributed by atoms with Gasteiger partial charge in [-0.1, -0.05) is 37.0 Å². The van der Waals surface area contributed by atoms with Crippen LogP contribution in [0.3, 0.4) is 0 Å². The number of hydrogen-bond donors (Lipinski definition) is 1. The quantitative estimate of drug-likeness (QED) is 0.514. The van der Waals surface area contributed by atoms with Gasteiger partial charge in [-0.3, -0.25) is 9.59 Å². The van der Waals surface area contributed by atoms with Crippen LogP contribution in [0.25, 0.3) is 11.6 Å². The summed E-state index contributed by atoms with van der Waals surface area (Å²) in [5.41, 5.74) is 4.06. The first kappa shape index (κ1) is 18.7. The van der Waals surface area contributed by atoms with Crippen molar-refractivity contribution in [2.45, 2.75) is 27.2 Å². The number of ketones is 1. The second-order valence-electron chi connectivity index (χ2n) is 6.90. The van der Waals surface area contributed by atoms with Crippen molar-refractivity contribution >= 4 is 52.2 Å². The number of benzene rings is 2. The maximum absolute atomic E-state index is 12.4. The first-order chi connectivity index (χ1) is 12.3. The Morgan fingerprint density at radius 1 is 1.15 bits per heavy atom. The molecule has 26 heavy (non-hydrogen) atoms. The van der Waals surface area contributed by atoms with Gasteiger partial charge in [-0.15, -0.1) is 0 Å². The lowest BCUT2D eigenvalue weighted by molar-refractivity contribution is -0.110. The molecule has 0 spiro atoms. The average molecular weight is 388 g/mol. The number of rotatable bonds is 4. The van der Waals surface area contributed by atoms with Gasteiger partial charge >= 0.3 is 0 Å². The van der Waals surface area contributed by atoms with Crippen molar-refractivity contribution in [1.29, 1.82) is 0 Å². The molecule has 2 aromatic rings. The van der Waals surface area contributed by atoms with Crippen molar-refractivity contribution in [2.75, 3.05) is 5.32 Å². The van der Waals surface area contributed by atoms with Crippen molar-refractivity contribution in [3.8, 4) is 0 Å². The van der Waals surface area contributed by atoms with Gasteiger partial charge in [0.2, 0.25) is 0 Å². The van der Waals surface area contributed by atoms with E-state index in [9.17, 15) is 9.59 Å².